The summed E-state index contributed by atoms with van der Waals surface area (Å²) in [6.45, 7) is 0. The number of carbonyl (C=O) groups is 1. The summed E-state index contributed by atoms with van der Waals surface area (Å²) in [5.74, 6) is 0.846. The molecule has 0 spiro atoms. The van der Waals surface area contributed by atoms with Crippen LogP contribution in [0.4, 0.5) is 0 Å². The molecule has 2 aromatic rings. The van der Waals surface area contributed by atoms with Crippen LogP contribution in [0.25, 0.3) is 0 Å². The van der Waals surface area contributed by atoms with Crippen molar-refractivity contribution in [1.82, 2.24) is 0 Å². The summed E-state index contributed by atoms with van der Waals surface area (Å²) in [5, 5.41) is 0. The van der Waals surface area contributed by atoms with Crippen LogP contribution in [0.1, 0.15) is 35.9 Å². The molecule has 2 aromatic carbocycles. The number of hydrogen-bond donors (Lipinski definition) is 0. The predicted octanol–water partition coefficient (Wildman–Crippen LogP) is 3.65. The van der Waals surface area contributed by atoms with Crippen molar-refractivity contribution in [3.8, 4) is 5.75 Å². The standard InChI is InChI=1S/C15H12O2.CH4.B/c16-13-10-15(11-6-2-1-3-7-11)17-14-9-5-4-8-12(13)14;;/h1-9,15H,10H2;1H4;. The van der Waals surface area contributed by atoms with Crippen molar-refractivity contribution in [2.75, 3.05) is 0 Å². The van der Waals surface area contributed by atoms with Gasteiger partial charge in [-0.3, -0.25) is 4.79 Å². The van der Waals surface area contributed by atoms with Gasteiger partial charge in [0, 0.05) is 8.41 Å². The van der Waals surface area contributed by atoms with Crippen LogP contribution in [-0.4, -0.2) is 14.2 Å². The predicted molar refractivity (Wildman–Crippen MR) is 77.7 cm³/mol. The molecule has 2 nitrogen and oxygen atoms in total. The topological polar surface area (TPSA) is 26.3 Å². The van der Waals surface area contributed by atoms with Crippen LogP contribution in [0.15, 0.2) is 54.6 Å². The van der Waals surface area contributed by atoms with Crippen LogP contribution >= 0.6 is 0 Å². The first-order valence-corrected chi connectivity index (χ1v) is 5.68. The lowest BCUT2D eigenvalue weighted by Gasteiger charge is -2.25. The summed E-state index contributed by atoms with van der Waals surface area (Å²) in [5.41, 5.74) is 1.75. The van der Waals surface area contributed by atoms with E-state index in [1.54, 1.807) is 0 Å². The fraction of sp³-hybridized carbons (Fsp3) is 0.188. The Bertz CT molecular complexity index is 552. The minimum absolute atomic E-state index is 0. The van der Waals surface area contributed by atoms with E-state index in [0.717, 1.165) is 5.56 Å². The third-order valence-electron chi connectivity index (χ3n) is 3.00. The highest BCUT2D eigenvalue weighted by atomic mass is 16.5. The van der Waals surface area contributed by atoms with E-state index < -0.39 is 0 Å². The highest BCUT2D eigenvalue weighted by Gasteiger charge is 2.26. The Morgan fingerprint density at radius 3 is 2.32 bits per heavy atom. The van der Waals surface area contributed by atoms with Crippen molar-refractivity contribution in [1.29, 1.82) is 0 Å². The van der Waals surface area contributed by atoms with Gasteiger partial charge in [-0.15, -0.1) is 0 Å². The van der Waals surface area contributed by atoms with Crippen LogP contribution in [0.3, 0.4) is 0 Å². The van der Waals surface area contributed by atoms with Crippen molar-refractivity contribution in [3.05, 3.63) is 65.7 Å². The van der Waals surface area contributed by atoms with Gasteiger partial charge in [0.15, 0.2) is 5.78 Å². The number of benzene rings is 2. The minimum Gasteiger partial charge on any atom is -0.484 e. The van der Waals surface area contributed by atoms with E-state index in [-0.39, 0.29) is 27.7 Å². The van der Waals surface area contributed by atoms with E-state index in [1.165, 1.54) is 0 Å². The van der Waals surface area contributed by atoms with Gasteiger partial charge >= 0.3 is 0 Å². The molecule has 3 radical (unpaired) electrons. The summed E-state index contributed by atoms with van der Waals surface area (Å²) < 4.78 is 5.87. The molecule has 0 amide bonds. The van der Waals surface area contributed by atoms with Crippen molar-refractivity contribution in [2.45, 2.75) is 20.0 Å². The van der Waals surface area contributed by atoms with Gasteiger partial charge in [-0.2, -0.15) is 0 Å². The maximum absolute atomic E-state index is 12.0. The van der Waals surface area contributed by atoms with Crippen LogP contribution in [0.2, 0.25) is 0 Å². The first-order valence-electron chi connectivity index (χ1n) is 5.68. The zero-order chi connectivity index (χ0) is 11.7. The van der Waals surface area contributed by atoms with E-state index in [4.69, 9.17) is 4.74 Å². The van der Waals surface area contributed by atoms with Gasteiger partial charge in [0.05, 0.1) is 12.0 Å². The van der Waals surface area contributed by atoms with Crippen LogP contribution < -0.4 is 4.74 Å². The molecule has 0 fully saturated rings. The lowest BCUT2D eigenvalue weighted by molar-refractivity contribution is 0.0850. The maximum Gasteiger partial charge on any atom is 0.170 e. The summed E-state index contributed by atoms with van der Waals surface area (Å²) in [6.07, 6.45) is 0.264. The number of fused-ring (bicyclic) bond motifs is 1. The second kappa shape index (κ2) is 6.23. The van der Waals surface area contributed by atoms with E-state index in [1.807, 2.05) is 54.6 Å². The summed E-state index contributed by atoms with van der Waals surface area (Å²) in [6, 6.07) is 17.3. The average Bonchev–Trinajstić information content (AvgIpc) is 2.40. The molecule has 1 atom stereocenters. The molecular weight excluding hydrogens is 235 g/mol. The van der Waals surface area contributed by atoms with Crippen molar-refractivity contribution < 1.29 is 9.53 Å². The van der Waals surface area contributed by atoms with E-state index in [2.05, 4.69) is 0 Å². The monoisotopic (exact) mass is 251 g/mol. The number of hydrogen-bond acceptors (Lipinski definition) is 2. The largest absolute Gasteiger partial charge is 0.484 e. The second-order valence-electron chi connectivity index (χ2n) is 4.14. The van der Waals surface area contributed by atoms with Gasteiger partial charge in [-0.05, 0) is 17.7 Å². The Kier molecular flexibility index (Phi) is 4.93. The molecule has 1 aliphatic rings. The smallest absolute Gasteiger partial charge is 0.170 e. The molecule has 1 aliphatic heterocycles. The number of rotatable bonds is 1. The van der Waals surface area contributed by atoms with Gasteiger partial charge in [0.2, 0.25) is 0 Å². The van der Waals surface area contributed by atoms with Crippen LogP contribution in [0.5, 0.6) is 5.75 Å². The Labute approximate surface area is 116 Å². The molecule has 3 rings (SSSR count). The van der Waals surface area contributed by atoms with Crippen molar-refractivity contribution in [2.24, 2.45) is 0 Å². The molecule has 0 saturated carbocycles. The van der Waals surface area contributed by atoms with E-state index in [0.29, 0.717) is 17.7 Å². The number of para-hydroxylation sites is 1. The number of ether oxygens (including phenoxy) is 1. The normalized spacial score (nSPS) is 16.4. The van der Waals surface area contributed by atoms with Gasteiger partial charge in [0.1, 0.15) is 11.9 Å². The summed E-state index contributed by atoms with van der Waals surface area (Å²) >= 11 is 0. The lowest BCUT2D eigenvalue weighted by Crippen LogP contribution is -2.20. The van der Waals surface area contributed by atoms with Gasteiger partial charge in [-0.1, -0.05) is 49.9 Å². The molecule has 0 aromatic heterocycles. The molecule has 3 heteroatoms. The van der Waals surface area contributed by atoms with Crippen molar-refractivity contribution >= 4 is 14.2 Å². The zero-order valence-corrected chi connectivity index (χ0v) is 9.87. The Morgan fingerprint density at radius 2 is 1.58 bits per heavy atom. The molecule has 19 heavy (non-hydrogen) atoms. The fourth-order valence-electron chi connectivity index (χ4n) is 2.13. The van der Waals surface area contributed by atoms with Crippen LogP contribution in [0, 0.1) is 0 Å². The van der Waals surface area contributed by atoms with Gasteiger partial charge < -0.3 is 4.74 Å². The maximum atomic E-state index is 12.0. The molecule has 0 aliphatic carbocycles. The fourth-order valence-corrected chi connectivity index (χ4v) is 2.13. The quantitative estimate of drug-likeness (QED) is 0.723. The zero-order valence-electron chi connectivity index (χ0n) is 9.87. The third-order valence-corrected chi connectivity index (χ3v) is 3.00. The molecular formula is C16H16BO2. The lowest BCUT2D eigenvalue weighted by atomic mass is 9.96. The molecule has 0 saturated heterocycles. The molecule has 0 bridgehead atoms. The molecule has 0 N–H and O–H groups in total. The molecule has 1 unspecified atom stereocenters. The summed E-state index contributed by atoms with van der Waals surface area (Å²) in [4.78, 5) is 12.0. The highest BCUT2D eigenvalue weighted by Crippen LogP contribution is 2.34. The Hall–Kier alpha value is -2.03. The van der Waals surface area contributed by atoms with E-state index in [9.17, 15) is 4.79 Å². The third kappa shape index (κ3) is 2.87. The second-order valence-corrected chi connectivity index (χ2v) is 4.14. The molecule has 1 heterocycles. The van der Waals surface area contributed by atoms with Gasteiger partial charge in [-0.25, -0.2) is 0 Å². The highest BCUT2D eigenvalue weighted by molar-refractivity contribution is 5.99. The number of ketones is 1. The molecule has 95 valence electrons. The first-order chi connectivity index (χ1) is 8.34. The summed E-state index contributed by atoms with van der Waals surface area (Å²) in [7, 11) is 0. The SMILES string of the molecule is C.O=C1CC(c2ccccc2)Oc2ccccc21.[B]. The minimum atomic E-state index is -0.154. The first kappa shape index (κ1) is 15.0. The number of Topliss-reactive ketones (excluding diaryl/α,β-unsaturated/α-hetero) is 1. The number of carbonyl (C=O) groups excluding carboxylic acids is 1. The Morgan fingerprint density at radius 1 is 0.947 bits per heavy atom. The van der Waals surface area contributed by atoms with Gasteiger partial charge in [0.25, 0.3) is 0 Å². The Balaban J connectivity index is 0.000000902. The van der Waals surface area contributed by atoms with Crippen molar-refractivity contribution in [3.63, 3.8) is 0 Å². The average molecular weight is 251 g/mol. The van der Waals surface area contributed by atoms with Crippen LogP contribution in [-0.2, 0) is 0 Å². The van der Waals surface area contributed by atoms with E-state index >= 15 is 0 Å².